The zero-order valence-electron chi connectivity index (χ0n) is 12.7. The van der Waals surface area contributed by atoms with E-state index >= 15 is 0 Å². The first-order valence-electron chi connectivity index (χ1n) is 6.76. The fourth-order valence-corrected chi connectivity index (χ4v) is 2.13. The summed E-state index contributed by atoms with van der Waals surface area (Å²) in [5.74, 6) is 0.552. The molecule has 5 heteroatoms. The van der Waals surface area contributed by atoms with Crippen LogP contribution in [0.5, 0.6) is 5.75 Å². The van der Waals surface area contributed by atoms with Crippen molar-refractivity contribution in [2.45, 2.75) is 13.8 Å². The van der Waals surface area contributed by atoms with Crippen molar-refractivity contribution < 1.29 is 9.53 Å². The van der Waals surface area contributed by atoms with Gasteiger partial charge in [-0.15, -0.1) is 0 Å². The van der Waals surface area contributed by atoms with Gasteiger partial charge in [0.2, 0.25) is 0 Å². The molecule has 0 bridgehead atoms. The van der Waals surface area contributed by atoms with E-state index in [4.69, 9.17) is 16.3 Å². The van der Waals surface area contributed by atoms with Gasteiger partial charge in [0.15, 0.2) is 0 Å². The van der Waals surface area contributed by atoms with Gasteiger partial charge in [0.05, 0.1) is 13.3 Å². The monoisotopic (exact) mass is 316 g/mol. The maximum absolute atomic E-state index is 11.9. The predicted octanol–water partition coefficient (Wildman–Crippen LogP) is 3.73. The van der Waals surface area contributed by atoms with E-state index in [1.165, 1.54) is 0 Å². The molecule has 0 aromatic heterocycles. The van der Waals surface area contributed by atoms with Crippen molar-refractivity contribution in [1.29, 1.82) is 0 Å². The molecule has 0 unspecified atom stereocenters. The van der Waals surface area contributed by atoms with Gasteiger partial charge in [-0.1, -0.05) is 11.6 Å². The van der Waals surface area contributed by atoms with Crippen LogP contribution in [-0.2, 0) is 0 Å². The number of rotatable bonds is 4. The fraction of sp³-hybridized carbons (Fsp3) is 0.176. The smallest absolute Gasteiger partial charge is 0.271 e. The number of ether oxygens (including phenoxy) is 1. The summed E-state index contributed by atoms with van der Waals surface area (Å²) in [6.07, 6.45) is 1.62. The molecule has 4 nitrogen and oxygen atoms in total. The first-order chi connectivity index (χ1) is 10.5. The summed E-state index contributed by atoms with van der Waals surface area (Å²) in [5.41, 5.74) is 6.04. The second-order valence-corrected chi connectivity index (χ2v) is 5.25. The number of nitrogens with one attached hydrogen (secondary N) is 1. The van der Waals surface area contributed by atoms with Crippen molar-refractivity contribution in [3.63, 3.8) is 0 Å². The molecule has 0 aliphatic heterocycles. The quantitative estimate of drug-likeness (QED) is 0.690. The average Bonchev–Trinajstić information content (AvgIpc) is 2.52. The molecule has 0 saturated carbocycles. The van der Waals surface area contributed by atoms with E-state index in [1.807, 2.05) is 26.0 Å². The Balaban J connectivity index is 2.08. The zero-order valence-corrected chi connectivity index (χ0v) is 13.4. The van der Waals surface area contributed by atoms with Crippen molar-refractivity contribution in [2.24, 2.45) is 5.10 Å². The third-order valence-electron chi connectivity index (χ3n) is 3.48. The maximum Gasteiger partial charge on any atom is 0.271 e. The van der Waals surface area contributed by atoms with Crippen molar-refractivity contribution in [1.82, 2.24) is 5.43 Å². The number of nitrogens with zero attached hydrogens (tertiary/aromatic N) is 1. The number of carbonyl (C=O) groups is 1. The number of amides is 1. The Morgan fingerprint density at radius 2 is 1.82 bits per heavy atom. The number of benzene rings is 2. The van der Waals surface area contributed by atoms with Gasteiger partial charge >= 0.3 is 0 Å². The van der Waals surface area contributed by atoms with Gasteiger partial charge in [-0.2, -0.15) is 5.10 Å². The highest BCUT2D eigenvalue weighted by Gasteiger charge is 2.06. The van der Waals surface area contributed by atoms with Crippen LogP contribution in [0, 0.1) is 13.8 Å². The molecule has 1 N–H and O–H groups in total. The third kappa shape index (κ3) is 3.65. The van der Waals surface area contributed by atoms with Crippen LogP contribution in [0.3, 0.4) is 0 Å². The molecule has 2 rings (SSSR count). The van der Waals surface area contributed by atoms with Crippen LogP contribution in [0.1, 0.15) is 27.0 Å². The van der Waals surface area contributed by atoms with Crippen molar-refractivity contribution in [3.05, 3.63) is 63.7 Å². The topological polar surface area (TPSA) is 50.7 Å². The molecule has 0 radical (unpaired) electrons. The number of hydrogen-bond donors (Lipinski definition) is 1. The van der Waals surface area contributed by atoms with E-state index < -0.39 is 0 Å². The number of methoxy groups -OCH3 is 1. The normalized spacial score (nSPS) is 10.7. The summed E-state index contributed by atoms with van der Waals surface area (Å²) in [7, 11) is 1.64. The Morgan fingerprint density at radius 3 is 2.45 bits per heavy atom. The third-order valence-corrected chi connectivity index (χ3v) is 3.73. The maximum atomic E-state index is 11.9. The number of hydrogen-bond acceptors (Lipinski definition) is 3. The van der Waals surface area contributed by atoms with E-state index in [-0.39, 0.29) is 5.91 Å². The molecule has 0 heterocycles. The number of halogens is 1. The second-order valence-electron chi connectivity index (χ2n) is 4.81. The van der Waals surface area contributed by atoms with Crippen molar-refractivity contribution >= 4 is 23.7 Å². The van der Waals surface area contributed by atoms with E-state index in [2.05, 4.69) is 10.5 Å². The van der Waals surface area contributed by atoms with Gasteiger partial charge in [-0.25, -0.2) is 5.43 Å². The minimum atomic E-state index is -0.282. The van der Waals surface area contributed by atoms with E-state index in [9.17, 15) is 4.79 Å². The van der Waals surface area contributed by atoms with Gasteiger partial charge < -0.3 is 4.74 Å². The molecule has 0 atom stereocenters. The Morgan fingerprint density at radius 1 is 1.14 bits per heavy atom. The van der Waals surface area contributed by atoms with Gasteiger partial charge in [0, 0.05) is 10.6 Å². The molecule has 0 aliphatic rings. The predicted molar refractivity (Wildman–Crippen MR) is 89.0 cm³/mol. The van der Waals surface area contributed by atoms with E-state index in [0.717, 1.165) is 22.4 Å². The first-order valence-corrected chi connectivity index (χ1v) is 7.14. The molecule has 0 aliphatic carbocycles. The van der Waals surface area contributed by atoms with Crippen LogP contribution in [0.15, 0.2) is 41.5 Å². The molecule has 2 aromatic carbocycles. The second kappa shape index (κ2) is 7.09. The molecule has 22 heavy (non-hydrogen) atoms. The lowest BCUT2D eigenvalue weighted by molar-refractivity contribution is 0.0955. The molecular formula is C17H17ClN2O2. The Bertz CT molecular complexity index is 709. The van der Waals surface area contributed by atoms with Crippen molar-refractivity contribution in [3.8, 4) is 5.75 Å². The Hall–Kier alpha value is -2.33. The summed E-state index contributed by atoms with van der Waals surface area (Å²) in [5, 5.41) is 4.59. The minimum absolute atomic E-state index is 0.282. The highest BCUT2D eigenvalue weighted by molar-refractivity contribution is 6.30. The largest absolute Gasteiger partial charge is 0.496 e. The van der Waals surface area contributed by atoms with Crippen molar-refractivity contribution in [2.75, 3.05) is 7.11 Å². The summed E-state index contributed by atoms with van der Waals surface area (Å²) < 4.78 is 5.27. The zero-order chi connectivity index (χ0) is 16.1. The number of carbonyl (C=O) groups excluding carboxylic acids is 1. The molecule has 0 saturated heterocycles. The first kappa shape index (κ1) is 16.0. The average molecular weight is 317 g/mol. The minimum Gasteiger partial charge on any atom is -0.496 e. The summed E-state index contributed by atoms with van der Waals surface area (Å²) in [6, 6.07) is 10.4. The van der Waals surface area contributed by atoms with Crippen LogP contribution in [0.25, 0.3) is 0 Å². The molecule has 0 fully saturated rings. The molecule has 1 amide bonds. The van der Waals surface area contributed by atoms with Crippen LogP contribution in [0.2, 0.25) is 5.02 Å². The highest BCUT2D eigenvalue weighted by Crippen LogP contribution is 2.22. The van der Waals surface area contributed by atoms with Gasteiger partial charge in [0.1, 0.15) is 5.75 Å². The summed E-state index contributed by atoms with van der Waals surface area (Å²) >= 11 is 5.79. The van der Waals surface area contributed by atoms with E-state index in [0.29, 0.717) is 10.6 Å². The molecule has 114 valence electrons. The van der Waals surface area contributed by atoms with Gasteiger partial charge in [0.25, 0.3) is 5.91 Å². The van der Waals surface area contributed by atoms with Crippen LogP contribution in [-0.4, -0.2) is 19.2 Å². The molecule has 2 aromatic rings. The number of hydrazone groups is 1. The lowest BCUT2D eigenvalue weighted by atomic mass is 10.0. The lowest BCUT2D eigenvalue weighted by Gasteiger charge is -2.09. The van der Waals surface area contributed by atoms with Crippen LogP contribution >= 0.6 is 11.6 Å². The van der Waals surface area contributed by atoms with Gasteiger partial charge in [-0.05, 0) is 66.9 Å². The van der Waals surface area contributed by atoms with E-state index in [1.54, 1.807) is 37.6 Å². The molecular weight excluding hydrogens is 300 g/mol. The summed E-state index contributed by atoms with van der Waals surface area (Å²) in [6.45, 7) is 3.97. The fourth-order valence-electron chi connectivity index (χ4n) is 2.00. The standard InChI is InChI=1S/C17H17ClN2O2/c1-11-12(2)16(22-3)9-6-14(11)10-19-20-17(21)13-4-7-15(18)8-5-13/h4-10H,1-3H3,(H,20,21). The highest BCUT2D eigenvalue weighted by atomic mass is 35.5. The Kier molecular flexibility index (Phi) is 5.17. The molecule has 0 spiro atoms. The Labute approximate surface area is 134 Å². The van der Waals surface area contributed by atoms with Gasteiger partial charge in [-0.3, -0.25) is 4.79 Å². The SMILES string of the molecule is COc1ccc(C=NNC(=O)c2ccc(Cl)cc2)c(C)c1C. The summed E-state index contributed by atoms with van der Waals surface area (Å²) in [4.78, 5) is 11.9. The van der Waals surface area contributed by atoms with Crippen LogP contribution < -0.4 is 10.2 Å². The lowest BCUT2D eigenvalue weighted by Crippen LogP contribution is -2.17. The van der Waals surface area contributed by atoms with Crippen LogP contribution in [0.4, 0.5) is 0 Å².